The van der Waals surface area contributed by atoms with Crippen LogP contribution in [0, 0.1) is 5.82 Å². The molecule has 0 aromatic heterocycles. The standard InChI is InChI=1S/C15H16F3NO2/c16-11-4-1-3-10-9(11)5-6-12(10)19-13(20)15(17,18)14(21)7-2-8-14/h1,3-4,12,21H,2,5-8H2,(H,19,20). The van der Waals surface area contributed by atoms with E-state index >= 15 is 0 Å². The average molecular weight is 299 g/mol. The zero-order valence-corrected chi connectivity index (χ0v) is 11.3. The van der Waals surface area contributed by atoms with E-state index in [1.165, 1.54) is 12.1 Å². The number of hydrogen-bond donors (Lipinski definition) is 2. The first-order chi connectivity index (χ1) is 9.85. The van der Waals surface area contributed by atoms with E-state index in [1.807, 2.05) is 0 Å². The van der Waals surface area contributed by atoms with Crippen molar-refractivity contribution in [2.24, 2.45) is 0 Å². The van der Waals surface area contributed by atoms with Crippen molar-refractivity contribution < 1.29 is 23.1 Å². The molecule has 0 aliphatic heterocycles. The summed E-state index contributed by atoms with van der Waals surface area (Å²) in [6.45, 7) is 0. The third-order valence-electron chi connectivity index (χ3n) is 4.57. The number of nitrogens with one attached hydrogen (secondary N) is 1. The van der Waals surface area contributed by atoms with Gasteiger partial charge >= 0.3 is 5.92 Å². The lowest BCUT2D eigenvalue weighted by Crippen LogP contribution is -2.60. The van der Waals surface area contributed by atoms with Crippen molar-refractivity contribution >= 4 is 5.91 Å². The van der Waals surface area contributed by atoms with Gasteiger partial charge in [0.15, 0.2) is 0 Å². The topological polar surface area (TPSA) is 49.3 Å². The van der Waals surface area contributed by atoms with Crippen molar-refractivity contribution in [2.75, 3.05) is 0 Å². The molecule has 2 N–H and O–H groups in total. The SMILES string of the molecule is O=C(NC1CCc2c(F)cccc21)C(F)(F)C1(O)CCC1. The van der Waals surface area contributed by atoms with Crippen LogP contribution in [0.3, 0.4) is 0 Å². The van der Waals surface area contributed by atoms with Crippen molar-refractivity contribution in [1.82, 2.24) is 5.32 Å². The highest BCUT2D eigenvalue weighted by Gasteiger charge is 2.61. The van der Waals surface area contributed by atoms with Crippen LogP contribution >= 0.6 is 0 Å². The second kappa shape index (κ2) is 4.73. The Kier molecular flexibility index (Phi) is 3.24. The third-order valence-corrected chi connectivity index (χ3v) is 4.57. The van der Waals surface area contributed by atoms with Gasteiger partial charge in [0.25, 0.3) is 5.91 Å². The lowest BCUT2D eigenvalue weighted by Gasteiger charge is -2.41. The first-order valence-electron chi connectivity index (χ1n) is 7.03. The van der Waals surface area contributed by atoms with E-state index in [9.17, 15) is 23.1 Å². The minimum Gasteiger partial charge on any atom is -0.383 e. The van der Waals surface area contributed by atoms with Gasteiger partial charge in [-0.1, -0.05) is 12.1 Å². The summed E-state index contributed by atoms with van der Waals surface area (Å²) in [5.74, 6) is -5.68. The Morgan fingerprint density at radius 2 is 2.10 bits per heavy atom. The molecule has 1 saturated carbocycles. The molecule has 0 saturated heterocycles. The minimum atomic E-state index is -3.82. The summed E-state index contributed by atoms with van der Waals surface area (Å²) in [4.78, 5) is 11.8. The fourth-order valence-corrected chi connectivity index (χ4v) is 3.05. The molecule has 0 heterocycles. The summed E-state index contributed by atoms with van der Waals surface area (Å²) in [6.07, 6.45) is 1.11. The van der Waals surface area contributed by atoms with Crippen LogP contribution in [0.5, 0.6) is 0 Å². The normalized spacial score (nSPS) is 23.3. The van der Waals surface area contributed by atoms with Gasteiger partial charge in [-0.25, -0.2) is 4.39 Å². The molecule has 3 nitrogen and oxygen atoms in total. The molecule has 2 aliphatic rings. The van der Waals surface area contributed by atoms with Crippen LogP contribution in [0.25, 0.3) is 0 Å². The molecule has 6 heteroatoms. The predicted molar refractivity (Wildman–Crippen MR) is 69.4 cm³/mol. The average Bonchev–Trinajstić information content (AvgIpc) is 2.80. The van der Waals surface area contributed by atoms with Crippen molar-refractivity contribution in [1.29, 1.82) is 0 Å². The number of alkyl halides is 2. The summed E-state index contributed by atoms with van der Waals surface area (Å²) in [7, 11) is 0. The van der Waals surface area contributed by atoms with Gasteiger partial charge in [-0.05, 0) is 49.3 Å². The third kappa shape index (κ3) is 2.12. The van der Waals surface area contributed by atoms with Crippen molar-refractivity contribution in [3.8, 4) is 0 Å². The molecule has 114 valence electrons. The van der Waals surface area contributed by atoms with Crippen LogP contribution in [-0.2, 0) is 11.2 Å². The van der Waals surface area contributed by atoms with Crippen LogP contribution in [0.2, 0.25) is 0 Å². The number of carbonyl (C=O) groups excluding carboxylic acids is 1. The van der Waals surface area contributed by atoms with E-state index in [-0.39, 0.29) is 18.7 Å². The number of aliphatic hydroxyl groups is 1. The lowest BCUT2D eigenvalue weighted by atomic mass is 9.75. The molecule has 3 rings (SSSR count). The molecule has 1 aromatic carbocycles. The van der Waals surface area contributed by atoms with Gasteiger partial charge in [-0.2, -0.15) is 8.78 Å². The molecular formula is C15H16F3NO2. The summed E-state index contributed by atoms with van der Waals surface area (Å²) in [6, 6.07) is 3.81. The summed E-state index contributed by atoms with van der Waals surface area (Å²) >= 11 is 0. The van der Waals surface area contributed by atoms with Crippen molar-refractivity contribution in [2.45, 2.75) is 49.7 Å². The van der Waals surface area contributed by atoms with E-state index in [0.29, 0.717) is 30.4 Å². The molecule has 2 aliphatic carbocycles. The zero-order valence-electron chi connectivity index (χ0n) is 11.3. The zero-order chi connectivity index (χ0) is 15.3. The molecule has 1 fully saturated rings. The largest absolute Gasteiger partial charge is 0.383 e. The number of benzene rings is 1. The highest BCUT2D eigenvalue weighted by atomic mass is 19.3. The summed E-state index contributed by atoms with van der Waals surface area (Å²) < 4.78 is 41.6. The second-order valence-electron chi connectivity index (χ2n) is 5.83. The Hall–Kier alpha value is -1.56. The molecule has 1 unspecified atom stereocenters. The van der Waals surface area contributed by atoms with Gasteiger partial charge < -0.3 is 10.4 Å². The van der Waals surface area contributed by atoms with Crippen LogP contribution < -0.4 is 5.32 Å². The second-order valence-corrected chi connectivity index (χ2v) is 5.83. The Morgan fingerprint density at radius 1 is 1.38 bits per heavy atom. The van der Waals surface area contributed by atoms with Gasteiger partial charge in [0, 0.05) is 0 Å². The van der Waals surface area contributed by atoms with Gasteiger partial charge in [0.1, 0.15) is 11.4 Å². The molecule has 21 heavy (non-hydrogen) atoms. The van der Waals surface area contributed by atoms with E-state index < -0.39 is 23.5 Å². The highest BCUT2D eigenvalue weighted by Crippen LogP contribution is 2.45. The van der Waals surface area contributed by atoms with E-state index in [1.54, 1.807) is 6.07 Å². The molecule has 1 atom stereocenters. The maximum atomic E-state index is 14.0. The molecular weight excluding hydrogens is 283 g/mol. The fourth-order valence-electron chi connectivity index (χ4n) is 3.05. The van der Waals surface area contributed by atoms with Gasteiger partial charge in [0.2, 0.25) is 0 Å². The number of amides is 1. The summed E-state index contributed by atoms with van der Waals surface area (Å²) in [5.41, 5.74) is -1.23. The van der Waals surface area contributed by atoms with E-state index in [4.69, 9.17) is 0 Å². The molecule has 0 radical (unpaired) electrons. The van der Waals surface area contributed by atoms with Crippen LogP contribution in [0.15, 0.2) is 18.2 Å². The minimum absolute atomic E-state index is 0.0801. The van der Waals surface area contributed by atoms with Crippen molar-refractivity contribution in [3.05, 3.63) is 35.1 Å². The summed E-state index contributed by atoms with van der Waals surface area (Å²) in [5, 5.41) is 12.0. The quantitative estimate of drug-likeness (QED) is 0.901. The van der Waals surface area contributed by atoms with Crippen LogP contribution in [0.1, 0.15) is 42.9 Å². The first kappa shape index (κ1) is 14.4. The smallest absolute Gasteiger partial charge is 0.352 e. The Balaban J connectivity index is 1.77. The fraction of sp³-hybridized carbons (Fsp3) is 0.533. The maximum Gasteiger partial charge on any atom is 0.352 e. The van der Waals surface area contributed by atoms with Crippen molar-refractivity contribution in [3.63, 3.8) is 0 Å². The number of hydrogen-bond acceptors (Lipinski definition) is 2. The lowest BCUT2D eigenvalue weighted by molar-refractivity contribution is -0.216. The molecule has 0 bridgehead atoms. The number of carbonyl (C=O) groups is 1. The van der Waals surface area contributed by atoms with E-state index in [2.05, 4.69) is 5.32 Å². The number of fused-ring (bicyclic) bond motifs is 1. The van der Waals surface area contributed by atoms with Gasteiger partial charge in [-0.3, -0.25) is 4.79 Å². The first-order valence-corrected chi connectivity index (χ1v) is 7.03. The Labute approximate surface area is 120 Å². The van der Waals surface area contributed by atoms with Crippen LogP contribution in [0.4, 0.5) is 13.2 Å². The highest BCUT2D eigenvalue weighted by molar-refractivity contribution is 5.85. The molecule has 0 spiro atoms. The molecule has 1 aromatic rings. The van der Waals surface area contributed by atoms with Gasteiger partial charge in [0.05, 0.1) is 6.04 Å². The Bertz CT molecular complexity index is 584. The van der Waals surface area contributed by atoms with Crippen LogP contribution in [-0.4, -0.2) is 22.5 Å². The van der Waals surface area contributed by atoms with E-state index in [0.717, 1.165) is 0 Å². The van der Waals surface area contributed by atoms with Gasteiger partial charge in [-0.15, -0.1) is 0 Å². The predicted octanol–water partition coefficient (Wildman–Crippen LogP) is 2.48. The maximum absolute atomic E-state index is 14.0. The monoisotopic (exact) mass is 299 g/mol. The number of halogens is 3. The Morgan fingerprint density at radius 3 is 2.71 bits per heavy atom. The molecule has 1 amide bonds. The number of rotatable bonds is 3.